The second-order valence-corrected chi connectivity index (χ2v) is 7.15. The number of nitrogens with zero attached hydrogens (tertiary/aromatic N) is 2. The van der Waals surface area contributed by atoms with Crippen LogP contribution in [0.4, 0.5) is 0 Å². The Balaban J connectivity index is 1.24. The molecule has 6 heteroatoms. The van der Waals surface area contributed by atoms with Crippen LogP contribution in [-0.2, 0) is 6.54 Å². The van der Waals surface area contributed by atoms with E-state index in [0.717, 1.165) is 53.4 Å². The fourth-order valence-corrected chi connectivity index (χ4v) is 3.91. The zero-order valence-electron chi connectivity index (χ0n) is 14.9. The smallest absolute Gasteiger partial charge is 0.253 e. The van der Waals surface area contributed by atoms with E-state index in [9.17, 15) is 4.79 Å². The van der Waals surface area contributed by atoms with E-state index in [4.69, 9.17) is 0 Å². The number of rotatable bonds is 4. The van der Waals surface area contributed by atoms with Crippen LogP contribution in [0, 0.1) is 0 Å². The minimum absolute atomic E-state index is 0.109. The van der Waals surface area contributed by atoms with Gasteiger partial charge in [0.1, 0.15) is 0 Å². The summed E-state index contributed by atoms with van der Waals surface area (Å²) in [6.45, 7) is 2.29. The predicted octanol–water partition coefficient (Wildman–Crippen LogP) is 3.05. The predicted molar refractivity (Wildman–Crippen MR) is 106 cm³/mol. The van der Waals surface area contributed by atoms with E-state index in [1.165, 1.54) is 5.56 Å². The van der Waals surface area contributed by atoms with Gasteiger partial charge in [-0.3, -0.25) is 9.89 Å². The number of benzene rings is 2. The quantitative estimate of drug-likeness (QED) is 0.524. The minimum Gasteiger partial charge on any atom is -0.361 e. The summed E-state index contributed by atoms with van der Waals surface area (Å²) in [5.41, 5.74) is 4.09. The number of amides is 1. The number of carbonyl (C=O) groups is 1. The summed E-state index contributed by atoms with van der Waals surface area (Å²) >= 11 is 0. The fraction of sp³-hybridized carbons (Fsp3) is 0.238. The third-order valence-corrected chi connectivity index (χ3v) is 5.42. The molecule has 6 nitrogen and oxygen atoms in total. The van der Waals surface area contributed by atoms with Crippen molar-refractivity contribution in [3.63, 3.8) is 0 Å². The van der Waals surface area contributed by atoms with Crippen molar-refractivity contribution in [2.24, 2.45) is 0 Å². The lowest BCUT2D eigenvalue weighted by Crippen LogP contribution is -2.34. The molecule has 1 fully saturated rings. The van der Waals surface area contributed by atoms with Crippen molar-refractivity contribution in [3.05, 3.63) is 66.0 Å². The summed E-state index contributed by atoms with van der Waals surface area (Å²) in [6, 6.07) is 14.4. The van der Waals surface area contributed by atoms with Crippen molar-refractivity contribution in [3.8, 4) is 0 Å². The zero-order chi connectivity index (χ0) is 18.2. The van der Waals surface area contributed by atoms with Gasteiger partial charge in [-0.1, -0.05) is 18.2 Å². The van der Waals surface area contributed by atoms with Crippen LogP contribution in [0.15, 0.2) is 54.9 Å². The van der Waals surface area contributed by atoms with Gasteiger partial charge in [0.2, 0.25) is 0 Å². The number of para-hydroxylation sites is 1. The van der Waals surface area contributed by atoms with Crippen molar-refractivity contribution in [1.29, 1.82) is 0 Å². The lowest BCUT2D eigenvalue weighted by Gasteiger charge is -2.17. The monoisotopic (exact) mass is 359 g/mol. The lowest BCUT2D eigenvalue weighted by atomic mass is 10.1. The average molecular weight is 359 g/mol. The van der Waals surface area contributed by atoms with E-state index in [2.05, 4.69) is 38.7 Å². The zero-order valence-corrected chi connectivity index (χ0v) is 14.9. The van der Waals surface area contributed by atoms with Crippen LogP contribution in [0.25, 0.3) is 21.8 Å². The second-order valence-electron chi connectivity index (χ2n) is 7.15. The fourth-order valence-electron chi connectivity index (χ4n) is 3.91. The first-order valence-electron chi connectivity index (χ1n) is 9.29. The molecule has 0 radical (unpaired) electrons. The number of hydrogen-bond donors (Lipinski definition) is 3. The van der Waals surface area contributed by atoms with Crippen LogP contribution in [-0.4, -0.2) is 45.1 Å². The Hall–Kier alpha value is -3.12. The van der Waals surface area contributed by atoms with E-state index >= 15 is 0 Å². The van der Waals surface area contributed by atoms with Crippen LogP contribution in [0.5, 0.6) is 0 Å². The van der Waals surface area contributed by atoms with Gasteiger partial charge in [0, 0.05) is 53.7 Å². The van der Waals surface area contributed by atoms with Gasteiger partial charge in [0.05, 0.1) is 11.7 Å². The van der Waals surface area contributed by atoms with Gasteiger partial charge < -0.3 is 15.2 Å². The summed E-state index contributed by atoms with van der Waals surface area (Å²) < 4.78 is 0. The maximum absolute atomic E-state index is 12.8. The van der Waals surface area contributed by atoms with E-state index in [-0.39, 0.29) is 5.91 Å². The van der Waals surface area contributed by atoms with Crippen molar-refractivity contribution in [1.82, 2.24) is 25.4 Å². The maximum Gasteiger partial charge on any atom is 0.253 e. The molecule has 1 aliphatic heterocycles. The summed E-state index contributed by atoms with van der Waals surface area (Å²) in [4.78, 5) is 18.0. The number of hydrogen-bond acceptors (Lipinski definition) is 3. The van der Waals surface area contributed by atoms with Gasteiger partial charge in [0.15, 0.2) is 0 Å². The summed E-state index contributed by atoms with van der Waals surface area (Å²) in [5, 5.41) is 13.0. The van der Waals surface area contributed by atoms with Gasteiger partial charge in [-0.2, -0.15) is 5.10 Å². The minimum atomic E-state index is 0.109. The number of H-pyrrole nitrogens is 2. The van der Waals surface area contributed by atoms with E-state index in [1.54, 1.807) is 0 Å². The summed E-state index contributed by atoms with van der Waals surface area (Å²) in [7, 11) is 0. The Morgan fingerprint density at radius 1 is 1.22 bits per heavy atom. The standard InChI is InChI=1S/C21H21N5O/c27-21(15-4-5-19-14(10-15)6-8-22-19)26-9-7-18(13-26)23-11-16-2-1-3-17-12-24-25-20(16)17/h1-6,8,10,12,18,22-23H,7,9,11,13H2,(H,24,25)/t18-/m0/s1. The molecule has 136 valence electrons. The van der Waals surface area contributed by atoms with E-state index in [0.29, 0.717) is 6.04 Å². The van der Waals surface area contributed by atoms with Gasteiger partial charge in [-0.05, 0) is 36.2 Å². The first-order valence-corrected chi connectivity index (χ1v) is 9.29. The molecule has 2 aromatic carbocycles. The molecule has 27 heavy (non-hydrogen) atoms. The maximum atomic E-state index is 12.8. The molecule has 1 saturated heterocycles. The first-order chi connectivity index (χ1) is 13.3. The molecule has 0 saturated carbocycles. The highest BCUT2D eigenvalue weighted by atomic mass is 16.2. The van der Waals surface area contributed by atoms with Gasteiger partial charge in [-0.25, -0.2) is 0 Å². The van der Waals surface area contributed by atoms with E-state index < -0.39 is 0 Å². The molecule has 3 heterocycles. The Kier molecular flexibility index (Phi) is 3.90. The van der Waals surface area contributed by atoms with Crippen molar-refractivity contribution < 1.29 is 4.79 Å². The topological polar surface area (TPSA) is 76.8 Å². The third-order valence-electron chi connectivity index (χ3n) is 5.42. The Bertz CT molecular complexity index is 1110. The highest BCUT2D eigenvalue weighted by Gasteiger charge is 2.26. The number of aromatic amines is 2. The average Bonchev–Trinajstić information content (AvgIpc) is 3.45. The second kappa shape index (κ2) is 6.55. The molecule has 0 unspecified atom stereocenters. The molecule has 5 rings (SSSR count). The first kappa shape index (κ1) is 16.1. The highest BCUT2D eigenvalue weighted by molar-refractivity contribution is 5.98. The van der Waals surface area contributed by atoms with Crippen LogP contribution in [0.1, 0.15) is 22.3 Å². The number of likely N-dealkylation sites (tertiary alicyclic amines) is 1. The lowest BCUT2D eigenvalue weighted by molar-refractivity contribution is 0.0789. The van der Waals surface area contributed by atoms with Crippen LogP contribution < -0.4 is 5.32 Å². The summed E-state index contributed by atoms with van der Waals surface area (Å²) in [6.07, 6.45) is 4.71. The molecular formula is C21H21N5O. The highest BCUT2D eigenvalue weighted by Crippen LogP contribution is 2.20. The SMILES string of the molecule is O=C(c1ccc2[nH]ccc2c1)N1CC[C@H](NCc2cccc3cn[nH]c23)C1. The number of nitrogens with one attached hydrogen (secondary N) is 3. The largest absolute Gasteiger partial charge is 0.361 e. The summed E-state index contributed by atoms with van der Waals surface area (Å²) in [5.74, 6) is 0.109. The van der Waals surface area contributed by atoms with Crippen molar-refractivity contribution in [2.75, 3.05) is 13.1 Å². The van der Waals surface area contributed by atoms with E-state index in [1.807, 2.05) is 41.6 Å². The molecule has 2 aromatic heterocycles. The van der Waals surface area contributed by atoms with Gasteiger partial charge in [-0.15, -0.1) is 0 Å². The Morgan fingerprint density at radius 2 is 2.19 bits per heavy atom. The van der Waals surface area contributed by atoms with Gasteiger partial charge in [0.25, 0.3) is 5.91 Å². The number of carbonyl (C=O) groups excluding carboxylic acids is 1. The molecule has 0 spiro atoms. The van der Waals surface area contributed by atoms with Crippen LogP contribution in [0.2, 0.25) is 0 Å². The number of fused-ring (bicyclic) bond motifs is 2. The van der Waals surface area contributed by atoms with Crippen molar-refractivity contribution in [2.45, 2.75) is 19.0 Å². The molecule has 1 aliphatic rings. The number of aromatic nitrogens is 3. The molecule has 1 amide bonds. The molecule has 0 bridgehead atoms. The Morgan fingerprint density at radius 3 is 3.15 bits per heavy atom. The molecule has 1 atom stereocenters. The van der Waals surface area contributed by atoms with Crippen LogP contribution in [0.3, 0.4) is 0 Å². The molecule has 0 aliphatic carbocycles. The third kappa shape index (κ3) is 2.98. The molecule has 4 aromatic rings. The van der Waals surface area contributed by atoms with Gasteiger partial charge >= 0.3 is 0 Å². The molecule has 3 N–H and O–H groups in total. The normalized spacial score (nSPS) is 17.2. The Labute approximate surface area is 156 Å². The van der Waals surface area contributed by atoms with Crippen molar-refractivity contribution >= 4 is 27.7 Å². The molecular weight excluding hydrogens is 338 g/mol. The van der Waals surface area contributed by atoms with Crippen LogP contribution >= 0.6 is 0 Å².